The van der Waals surface area contributed by atoms with Crippen LogP contribution in [0.25, 0.3) is 10.8 Å². The molecular weight excluding hydrogens is 402 g/mol. The molecule has 0 unspecified atom stereocenters. The van der Waals surface area contributed by atoms with Crippen LogP contribution in [0.1, 0.15) is 16.7 Å². The molecule has 3 aromatic carbocycles. The highest BCUT2D eigenvalue weighted by atomic mass is 32.2. The molecule has 0 radical (unpaired) electrons. The molecule has 1 amide bonds. The fraction of sp³-hybridized carbons (Fsp3) is 0.182. The Balaban J connectivity index is 1.82. The first-order valence-corrected chi connectivity index (χ1v) is 11.1. The van der Waals surface area contributed by atoms with Crippen molar-refractivity contribution in [2.24, 2.45) is 5.10 Å². The monoisotopic (exact) mass is 425 g/mol. The number of phenols is 1. The molecule has 0 aliphatic heterocycles. The van der Waals surface area contributed by atoms with Gasteiger partial charge in [0, 0.05) is 5.56 Å². The molecule has 0 aromatic heterocycles. The number of aryl methyl sites for hydroxylation is 2. The molecule has 0 saturated heterocycles. The number of carbonyl (C=O) groups is 1. The molecule has 0 fully saturated rings. The number of hydrogen-bond acceptors (Lipinski definition) is 5. The Kier molecular flexibility index (Phi) is 6.07. The fourth-order valence-corrected chi connectivity index (χ4v) is 4.29. The summed E-state index contributed by atoms with van der Waals surface area (Å²) >= 11 is 0. The van der Waals surface area contributed by atoms with Crippen molar-refractivity contribution in [2.75, 3.05) is 17.1 Å². The molecule has 156 valence electrons. The normalized spacial score (nSPS) is 11.7. The highest BCUT2D eigenvalue weighted by molar-refractivity contribution is 7.92. The first-order valence-electron chi connectivity index (χ1n) is 9.25. The minimum atomic E-state index is -3.69. The SMILES string of the molecule is Cc1cccc(C)c1N(CC(=O)N/N=C\c1c(O)ccc2ccccc12)S(C)(=O)=O. The first-order chi connectivity index (χ1) is 14.2. The average Bonchev–Trinajstić information content (AvgIpc) is 2.68. The number of hydrazone groups is 1. The number of aromatic hydroxyl groups is 1. The van der Waals surface area contributed by atoms with Crippen LogP contribution in [0.15, 0.2) is 59.7 Å². The second kappa shape index (κ2) is 8.54. The highest BCUT2D eigenvalue weighted by Crippen LogP contribution is 2.27. The summed E-state index contributed by atoms with van der Waals surface area (Å²) in [7, 11) is -3.69. The van der Waals surface area contributed by atoms with Gasteiger partial charge in [0.05, 0.1) is 18.2 Å². The van der Waals surface area contributed by atoms with Gasteiger partial charge in [-0.05, 0) is 41.8 Å². The van der Waals surface area contributed by atoms with Crippen LogP contribution in [0.5, 0.6) is 5.75 Å². The van der Waals surface area contributed by atoms with Crippen LogP contribution in [0.4, 0.5) is 5.69 Å². The number of hydrogen-bond donors (Lipinski definition) is 2. The predicted molar refractivity (Wildman–Crippen MR) is 119 cm³/mol. The largest absolute Gasteiger partial charge is 0.507 e. The number of anilines is 1. The third kappa shape index (κ3) is 4.60. The van der Waals surface area contributed by atoms with Gasteiger partial charge in [0.25, 0.3) is 5.91 Å². The Bertz CT molecular complexity index is 1220. The van der Waals surface area contributed by atoms with Crippen molar-refractivity contribution in [3.63, 3.8) is 0 Å². The number of nitrogens with zero attached hydrogens (tertiary/aromatic N) is 2. The highest BCUT2D eigenvalue weighted by Gasteiger charge is 2.23. The van der Waals surface area contributed by atoms with Crippen LogP contribution in [-0.4, -0.2) is 38.4 Å². The summed E-state index contributed by atoms with van der Waals surface area (Å²) in [6, 6.07) is 16.2. The molecule has 8 heteroatoms. The van der Waals surface area contributed by atoms with Crippen molar-refractivity contribution in [1.29, 1.82) is 0 Å². The molecule has 3 rings (SSSR count). The maximum Gasteiger partial charge on any atom is 0.260 e. The molecule has 0 saturated carbocycles. The lowest BCUT2D eigenvalue weighted by atomic mass is 10.0. The summed E-state index contributed by atoms with van der Waals surface area (Å²) < 4.78 is 25.7. The molecular formula is C22H23N3O4S. The van der Waals surface area contributed by atoms with E-state index in [2.05, 4.69) is 10.5 Å². The van der Waals surface area contributed by atoms with Crippen LogP contribution in [0, 0.1) is 13.8 Å². The molecule has 7 nitrogen and oxygen atoms in total. The Hall–Kier alpha value is -3.39. The van der Waals surface area contributed by atoms with E-state index in [4.69, 9.17) is 0 Å². The molecule has 3 aromatic rings. The molecule has 0 aliphatic carbocycles. The van der Waals surface area contributed by atoms with Gasteiger partial charge in [-0.2, -0.15) is 5.10 Å². The zero-order valence-corrected chi connectivity index (χ0v) is 17.8. The van der Waals surface area contributed by atoms with E-state index in [-0.39, 0.29) is 5.75 Å². The van der Waals surface area contributed by atoms with E-state index in [1.165, 1.54) is 6.21 Å². The maximum absolute atomic E-state index is 12.4. The van der Waals surface area contributed by atoms with Gasteiger partial charge in [-0.3, -0.25) is 9.10 Å². The van der Waals surface area contributed by atoms with E-state index in [9.17, 15) is 18.3 Å². The number of benzene rings is 3. The van der Waals surface area contributed by atoms with E-state index >= 15 is 0 Å². The topological polar surface area (TPSA) is 99.1 Å². The quantitative estimate of drug-likeness (QED) is 0.468. The number of rotatable bonds is 6. The fourth-order valence-electron chi connectivity index (χ4n) is 3.32. The van der Waals surface area contributed by atoms with Crippen molar-refractivity contribution in [1.82, 2.24) is 5.43 Å². The Labute approximate surface area is 175 Å². The lowest BCUT2D eigenvalue weighted by Crippen LogP contribution is -2.39. The standard InChI is InChI=1S/C22H23N3O4S/c1-15-7-6-8-16(2)22(15)25(30(3,28)29)14-21(27)24-23-13-19-18-10-5-4-9-17(18)11-12-20(19)26/h4-13,26H,14H2,1-3H3,(H,24,27)/b23-13-. The van der Waals surface area contributed by atoms with E-state index in [1.807, 2.05) is 30.3 Å². The molecule has 30 heavy (non-hydrogen) atoms. The predicted octanol–water partition coefficient (Wildman–Crippen LogP) is 3.08. The molecule has 0 spiro atoms. The van der Waals surface area contributed by atoms with Crippen LogP contribution in [0.2, 0.25) is 0 Å². The number of amides is 1. The Morgan fingerprint density at radius 1 is 1.07 bits per heavy atom. The van der Waals surface area contributed by atoms with Gasteiger partial charge in [-0.25, -0.2) is 13.8 Å². The summed E-state index contributed by atoms with van der Waals surface area (Å²) in [6.45, 7) is 3.17. The Morgan fingerprint density at radius 3 is 2.40 bits per heavy atom. The maximum atomic E-state index is 12.4. The van der Waals surface area contributed by atoms with Gasteiger partial charge < -0.3 is 5.11 Å². The third-order valence-corrected chi connectivity index (χ3v) is 5.82. The number of phenolic OH excluding ortho intramolecular Hbond substituents is 1. The van der Waals surface area contributed by atoms with Crippen molar-refractivity contribution in [3.05, 3.63) is 71.3 Å². The number of para-hydroxylation sites is 1. The lowest BCUT2D eigenvalue weighted by molar-refractivity contribution is -0.119. The van der Waals surface area contributed by atoms with Crippen molar-refractivity contribution < 1.29 is 18.3 Å². The van der Waals surface area contributed by atoms with Gasteiger partial charge in [-0.1, -0.05) is 48.5 Å². The molecule has 0 aliphatic rings. The van der Waals surface area contributed by atoms with E-state index in [1.54, 1.807) is 38.1 Å². The summed E-state index contributed by atoms with van der Waals surface area (Å²) in [4.78, 5) is 12.4. The van der Waals surface area contributed by atoms with Gasteiger partial charge in [-0.15, -0.1) is 0 Å². The van der Waals surface area contributed by atoms with Crippen LogP contribution in [0.3, 0.4) is 0 Å². The first kappa shape index (κ1) is 21.3. The molecule has 0 bridgehead atoms. The van der Waals surface area contributed by atoms with Gasteiger partial charge >= 0.3 is 0 Å². The van der Waals surface area contributed by atoms with E-state index in [0.29, 0.717) is 11.3 Å². The minimum Gasteiger partial charge on any atom is -0.507 e. The van der Waals surface area contributed by atoms with E-state index < -0.39 is 22.5 Å². The number of fused-ring (bicyclic) bond motifs is 1. The second-order valence-electron chi connectivity index (χ2n) is 7.02. The summed E-state index contributed by atoms with van der Waals surface area (Å²) in [5, 5.41) is 15.8. The zero-order valence-electron chi connectivity index (χ0n) is 17.0. The van der Waals surface area contributed by atoms with Crippen LogP contribution < -0.4 is 9.73 Å². The van der Waals surface area contributed by atoms with Crippen molar-refractivity contribution >= 4 is 38.6 Å². The summed E-state index contributed by atoms with van der Waals surface area (Å²) in [6.07, 6.45) is 2.41. The number of nitrogens with one attached hydrogen (secondary N) is 1. The van der Waals surface area contributed by atoms with E-state index in [0.717, 1.165) is 32.5 Å². The van der Waals surface area contributed by atoms with Gasteiger partial charge in [0.1, 0.15) is 12.3 Å². The van der Waals surface area contributed by atoms with Gasteiger partial charge in [0.2, 0.25) is 10.0 Å². The Morgan fingerprint density at radius 2 is 1.73 bits per heavy atom. The summed E-state index contributed by atoms with van der Waals surface area (Å²) in [5.41, 5.74) is 4.78. The van der Waals surface area contributed by atoms with Crippen molar-refractivity contribution in [3.8, 4) is 5.75 Å². The lowest BCUT2D eigenvalue weighted by Gasteiger charge is -2.25. The smallest absolute Gasteiger partial charge is 0.260 e. The minimum absolute atomic E-state index is 0.0278. The number of sulfonamides is 1. The second-order valence-corrected chi connectivity index (χ2v) is 8.93. The molecule has 0 heterocycles. The summed E-state index contributed by atoms with van der Waals surface area (Å²) in [5.74, 6) is -0.570. The average molecular weight is 426 g/mol. The third-order valence-electron chi connectivity index (χ3n) is 4.71. The molecule has 0 atom stereocenters. The molecule has 2 N–H and O–H groups in total. The van der Waals surface area contributed by atoms with Crippen LogP contribution >= 0.6 is 0 Å². The van der Waals surface area contributed by atoms with Gasteiger partial charge in [0.15, 0.2) is 0 Å². The number of carbonyl (C=O) groups excluding carboxylic acids is 1. The van der Waals surface area contributed by atoms with Crippen LogP contribution in [-0.2, 0) is 14.8 Å². The van der Waals surface area contributed by atoms with Crippen molar-refractivity contribution in [2.45, 2.75) is 13.8 Å². The zero-order chi connectivity index (χ0) is 21.9.